The van der Waals surface area contributed by atoms with E-state index in [2.05, 4.69) is 5.32 Å². The maximum absolute atomic E-state index is 13.8. The topological polar surface area (TPSA) is 52.6 Å². The zero-order valence-corrected chi connectivity index (χ0v) is 12.8. The zero-order chi connectivity index (χ0) is 16.9. The van der Waals surface area contributed by atoms with E-state index in [-0.39, 0.29) is 25.5 Å². The molecule has 2 N–H and O–H groups in total. The Bertz CT molecular complexity index is 556. The highest BCUT2D eigenvalue weighted by atomic mass is 19.2. The number of rotatable bonds is 6. The minimum atomic E-state index is -1.69. The normalized spacial score (nSPS) is 20.8. The maximum Gasteiger partial charge on any atom is 0.317 e. The number of likely N-dealkylation sites (tertiary alicyclic amines) is 1. The van der Waals surface area contributed by atoms with Gasteiger partial charge in [0.2, 0.25) is 0 Å². The number of aryl methyl sites for hydroxylation is 1. The van der Waals surface area contributed by atoms with Gasteiger partial charge in [-0.25, -0.2) is 18.0 Å². The number of unbranched alkanes of at least 4 members (excludes halogenated alkanes) is 1. The second kappa shape index (κ2) is 7.68. The van der Waals surface area contributed by atoms with Crippen LogP contribution in [0.4, 0.5) is 18.0 Å². The second-order valence-electron chi connectivity index (χ2n) is 5.92. The lowest BCUT2D eigenvalue weighted by Gasteiger charge is -2.19. The van der Waals surface area contributed by atoms with Crippen molar-refractivity contribution in [3.63, 3.8) is 0 Å². The summed E-state index contributed by atoms with van der Waals surface area (Å²) in [7, 11) is 0. The third kappa shape index (κ3) is 4.86. The summed E-state index contributed by atoms with van der Waals surface area (Å²) in [6.45, 7) is 0.0460. The Kier molecular flexibility index (Phi) is 5.87. The van der Waals surface area contributed by atoms with Gasteiger partial charge < -0.3 is 15.3 Å². The van der Waals surface area contributed by atoms with E-state index in [1.54, 1.807) is 0 Å². The van der Waals surface area contributed by atoms with Crippen LogP contribution in [0, 0.1) is 11.6 Å². The Morgan fingerprint density at radius 2 is 2.09 bits per heavy atom. The predicted molar refractivity (Wildman–Crippen MR) is 79.8 cm³/mol. The summed E-state index contributed by atoms with van der Waals surface area (Å²) in [5, 5.41) is 11.6. The Labute approximate surface area is 133 Å². The highest BCUT2D eigenvalue weighted by Crippen LogP contribution is 2.24. The molecule has 0 aromatic heterocycles. The van der Waals surface area contributed by atoms with Crippen LogP contribution in [0.1, 0.15) is 24.8 Å². The first-order valence-corrected chi connectivity index (χ1v) is 7.70. The third-order valence-corrected chi connectivity index (χ3v) is 4.03. The van der Waals surface area contributed by atoms with Crippen LogP contribution in [0.5, 0.6) is 0 Å². The predicted octanol–water partition coefficient (Wildman–Crippen LogP) is 2.40. The fraction of sp³-hybridized carbons (Fsp3) is 0.562. The Hall–Kier alpha value is -1.76. The number of nitrogens with zero attached hydrogens (tertiary/aromatic N) is 1. The number of aliphatic hydroxyl groups excluding tert-OH is 1. The van der Waals surface area contributed by atoms with E-state index in [9.17, 15) is 18.0 Å². The number of nitrogens with one attached hydrogen (secondary N) is 1. The Morgan fingerprint density at radius 3 is 2.74 bits per heavy atom. The summed E-state index contributed by atoms with van der Waals surface area (Å²) >= 11 is 0. The largest absolute Gasteiger partial charge is 0.393 e. The second-order valence-corrected chi connectivity index (χ2v) is 5.92. The Balaban J connectivity index is 1.64. The lowest BCUT2D eigenvalue weighted by Crippen LogP contribution is -2.41. The summed E-state index contributed by atoms with van der Waals surface area (Å²) in [6, 6.07) is 3.47. The molecule has 0 aliphatic carbocycles. The molecule has 0 bridgehead atoms. The highest BCUT2D eigenvalue weighted by Gasteiger charge is 2.39. The van der Waals surface area contributed by atoms with Gasteiger partial charge in [-0.2, -0.15) is 0 Å². The molecule has 2 amide bonds. The summed E-state index contributed by atoms with van der Waals surface area (Å²) in [5.41, 5.74) is -0.982. The van der Waals surface area contributed by atoms with Gasteiger partial charge in [-0.15, -0.1) is 0 Å². The van der Waals surface area contributed by atoms with Gasteiger partial charge in [0.1, 0.15) is 0 Å². The van der Waals surface area contributed by atoms with E-state index in [1.165, 1.54) is 17.0 Å². The van der Waals surface area contributed by atoms with Gasteiger partial charge in [0, 0.05) is 19.5 Å². The van der Waals surface area contributed by atoms with E-state index in [1.807, 2.05) is 0 Å². The first kappa shape index (κ1) is 17.6. The summed E-state index contributed by atoms with van der Waals surface area (Å²) in [4.78, 5) is 13.2. The van der Waals surface area contributed by atoms with Gasteiger partial charge in [-0.3, -0.25) is 0 Å². The lowest BCUT2D eigenvalue weighted by atomic mass is 10.1. The van der Waals surface area contributed by atoms with E-state index >= 15 is 0 Å². The molecule has 1 fully saturated rings. The molecule has 23 heavy (non-hydrogen) atoms. The van der Waals surface area contributed by atoms with E-state index in [4.69, 9.17) is 5.11 Å². The first-order chi connectivity index (χ1) is 10.9. The van der Waals surface area contributed by atoms with Crippen LogP contribution in [-0.4, -0.2) is 47.9 Å². The van der Waals surface area contributed by atoms with Crippen molar-refractivity contribution in [2.24, 2.45) is 0 Å². The van der Waals surface area contributed by atoms with Gasteiger partial charge in [0.25, 0.3) is 0 Å². The van der Waals surface area contributed by atoms with Crippen molar-refractivity contribution in [3.05, 3.63) is 35.4 Å². The van der Waals surface area contributed by atoms with Crippen LogP contribution in [0.3, 0.4) is 0 Å². The van der Waals surface area contributed by atoms with Crippen LogP contribution in [-0.2, 0) is 6.42 Å². The summed E-state index contributed by atoms with van der Waals surface area (Å²) in [6.07, 6.45) is 2.14. The SMILES string of the molecule is O=C(NCCCCc1ccc(F)c(F)c1)N1CC[C@](F)(CO)C1. The number of halogens is 3. The van der Waals surface area contributed by atoms with Crippen LogP contribution in [0.25, 0.3) is 0 Å². The van der Waals surface area contributed by atoms with Crippen molar-refractivity contribution in [3.8, 4) is 0 Å². The molecule has 128 valence electrons. The molecule has 1 aromatic carbocycles. The first-order valence-electron chi connectivity index (χ1n) is 7.70. The fourth-order valence-corrected chi connectivity index (χ4v) is 2.59. The number of hydrogen-bond acceptors (Lipinski definition) is 2. The standard InChI is InChI=1S/C16H21F3N2O2/c17-13-5-4-12(9-14(13)18)3-1-2-7-20-15(23)21-8-6-16(19,10-21)11-22/h4-5,9,22H,1-3,6-8,10-11H2,(H,20,23)/t16-/m1/s1. The molecule has 1 aliphatic rings. The van der Waals surface area contributed by atoms with Gasteiger partial charge in [-0.1, -0.05) is 6.07 Å². The Morgan fingerprint density at radius 1 is 1.30 bits per heavy atom. The number of carbonyl (C=O) groups is 1. The summed E-state index contributed by atoms with van der Waals surface area (Å²) < 4.78 is 39.6. The van der Waals surface area contributed by atoms with Crippen molar-refractivity contribution in [1.29, 1.82) is 0 Å². The molecular formula is C16H21F3N2O2. The van der Waals surface area contributed by atoms with Crippen molar-refractivity contribution < 1.29 is 23.1 Å². The van der Waals surface area contributed by atoms with E-state index < -0.39 is 23.9 Å². The van der Waals surface area contributed by atoms with Crippen molar-refractivity contribution in [2.45, 2.75) is 31.4 Å². The van der Waals surface area contributed by atoms with Crippen LogP contribution < -0.4 is 5.32 Å². The van der Waals surface area contributed by atoms with Crippen LogP contribution in [0.15, 0.2) is 18.2 Å². The highest BCUT2D eigenvalue weighted by molar-refractivity contribution is 5.74. The molecule has 1 atom stereocenters. The molecule has 0 saturated carbocycles. The molecule has 2 rings (SSSR count). The fourth-order valence-electron chi connectivity index (χ4n) is 2.59. The number of aliphatic hydroxyl groups is 1. The number of carbonyl (C=O) groups excluding carboxylic acids is 1. The molecule has 0 spiro atoms. The van der Waals surface area contributed by atoms with Crippen molar-refractivity contribution in [2.75, 3.05) is 26.2 Å². The lowest BCUT2D eigenvalue weighted by molar-refractivity contribution is 0.0806. The number of hydrogen-bond donors (Lipinski definition) is 2. The minimum absolute atomic E-state index is 0.0931. The van der Waals surface area contributed by atoms with Gasteiger partial charge >= 0.3 is 6.03 Å². The van der Waals surface area contributed by atoms with Crippen LogP contribution in [0.2, 0.25) is 0 Å². The molecule has 0 radical (unpaired) electrons. The zero-order valence-electron chi connectivity index (χ0n) is 12.8. The van der Waals surface area contributed by atoms with Gasteiger partial charge in [0.15, 0.2) is 17.3 Å². The maximum atomic E-state index is 13.8. The average molecular weight is 330 g/mol. The third-order valence-electron chi connectivity index (χ3n) is 4.03. The molecule has 7 heteroatoms. The van der Waals surface area contributed by atoms with Gasteiger partial charge in [-0.05, 0) is 37.0 Å². The average Bonchev–Trinajstić information content (AvgIpc) is 2.93. The number of urea groups is 1. The molecule has 1 heterocycles. The van der Waals surface area contributed by atoms with Crippen molar-refractivity contribution in [1.82, 2.24) is 10.2 Å². The van der Waals surface area contributed by atoms with Crippen LogP contribution >= 0.6 is 0 Å². The number of benzene rings is 1. The van der Waals surface area contributed by atoms with E-state index in [0.29, 0.717) is 24.9 Å². The molecular weight excluding hydrogens is 309 g/mol. The van der Waals surface area contributed by atoms with Crippen molar-refractivity contribution >= 4 is 6.03 Å². The number of alkyl halides is 1. The minimum Gasteiger partial charge on any atom is -0.393 e. The number of amides is 2. The molecule has 4 nitrogen and oxygen atoms in total. The molecule has 1 saturated heterocycles. The van der Waals surface area contributed by atoms with Gasteiger partial charge in [0.05, 0.1) is 13.2 Å². The quantitative estimate of drug-likeness (QED) is 0.787. The molecule has 1 aliphatic heterocycles. The monoisotopic (exact) mass is 330 g/mol. The smallest absolute Gasteiger partial charge is 0.317 e. The molecule has 0 unspecified atom stereocenters. The van der Waals surface area contributed by atoms with E-state index in [0.717, 1.165) is 12.5 Å². The molecule has 1 aromatic rings. The summed E-state index contributed by atoms with van der Waals surface area (Å²) in [5.74, 6) is -1.72.